The van der Waals surface area contributed by atoms with Crippen LogP contribution in [0.1, 0.15) is 16.2 Å². The zero-order valence-electron chi connectivity index (χ0n) is 9.88. The maximum Gasteiger partial charge on any atom is 0.252 e. The quantitative estimate of drug-likeness (QED) is 0.786. The van der Waals surface area contributed by atoms with Crippen molar-refractivity contribution in [3.8, 4) is 5.88 Å². The first-order valence-corrected chi connectivity index (χ1v) is 5.42. The van der Waals surface area contributed by atoms with Crippen molar-refractivity contribution in [2.45, 2.75) is 6.42 Å². The molecule has 0 saturated carbocycles. The standard InChI is InChI=1S/C11H13N5O2/c1-18-10-3-2-8(6-13-10)11(17)12-5-4-9-14-7-15-16-9/h2-3,6-7H,4-5H2,1H3,(H,12,17)(H,14,15,16). The van der Waals surface area contributed by atoms with Gasteiger partial charge in [0.25, 0.3) is 5.91 Å². The van der Waals surface area contributed by atoms with E-state index in [9.17, 15) is 4.79 Å². The highest BCUT2D eigenvalue weighted by atomic mass is 16.5. The summed E-state index contributed by atoms with van der Waals surface area (Å²) in [6.07, 6.45) is 3.52. The van der Waals surface area contributed by atoms with Crippen molar-refractivity contribution < 1.29 is 9.53 Å². The van der Waals surface area contributed by atoms with Crippen LogP contribution in [0, 0.1) is 0 Å². The van der Waals surface area contributed by atoms with Gasteiger partial charge in [-0.3, -0.25) is 9.89 Å². The zero-order chi connectivity index (χ0) is 12.8. The largest absolute Gasteiger partial charge is 0.481 e. The number of rotatable bonds is 5. The van der Waals surface area contributed by atoms with E-state index < -0.39 is 0 Å². The normalized spacial score (nSPS) is 10.1. The molecule has 1 amide bonds. The molecule has 0 aliphatic carbocycles. The minimum atomic E-state index is -0.176. The number of hydrogen-bond donors (Lipinski definition) is 2. The molecule has 0 aromatic carbocycles. The van der Waals surface area contributed by atoms with Gasteiger partial charge in [-0.15, -0.1) is 0 Å². The molecule has 0 saturated heterocycles. The van der Waals surface area contributed by atoms with Crippen LogP contribution in [-0.4, -0.2) is 39.7 Å². The lowest BCUT2D eigenvalue weighted by Gasteiger charge is -2.04. The number of H-pyrrole nitrogens is 1. The van der Waals surface area contributed by atoms with Gasteiger partial charge in [0.1, 0.15) is 12.2 Å². The van der Waals surface area contributed by atoms with Crippen LogP contribution in [-0.2, 0) is 6.42 Å². The van der Waals surface area contributed by atoms with Gasteiger partial charge in [0.05, 0.1) is 12.7 Å². The molecule has 0 aliphatic rings. The Hall–Kier alpha value is -2.44. The van der Waals surface area contributed by atoms with E-state index >= 15 is 0 Å². The van der Waals surface area contributed by atoms with Gasteiger partial charge in [-0.2, -0.15) is 5.10 Å². The van der Waals surface area contributed by atoms with E-state index in [0.717, 1.165) is 5.82 Å². The fourth-order valence-corrected chi connectivity index (χ4v) is 1.38. The van der Waals surface area contributed by atoms with Crippen LogP contribution in [0.3, 0.4) is 0 Å². The van der Waals surface area contributed by atoms with Gasteiger partial charge < -0.3 is 10.1 Å². The van der Waals surface area contributed by atoms with Crippen LogP contribution in [0.2, 0.25) is 0 Å². The summed E-state index contributed by atoms with van der Waals surface area (Å²) in [6, 6.07) is 3.31. The predicted octanol–water partition coefficient (Wildman–Crippen LogP) is 0.181. The molecule has 2 rings (SSSR count). The van der Waals surface area contributed by atoms with E-state index in [-0.39, 0.29) is 5.91 Å². The molecule has 0 fully saturated rings. The molecular weight excluding hydrogens is 234 g/mol. The molecule has 0 atom stereocenters. The fraction of sp³-hybridized carbons (Fsp3) is 0.273. The molecule has 2 heterocycles. The average Bonchev–Trinajstić information content (AvgIpc) is 2.92. The number of carbonyl (C=O) groups excluding carboxylic acids is 1. The summed E-state index contributed by atoms with van der Waals surface area (Å²) in [5.41, 5.74) is 0.494. The Kier molecular flexibility index (Phi) is 3.85. The highest BCUT2D eigenvalue weighted by Gasteiger charge is 2.06. The average molecular weight is 247 g/mol. The second kappa shape index (κ2) is 5.76. The molecule has 0 unspecified atom stereocenters. The second-order valence-electron chi connectivity index (χ2n) is 3.53. The van der Waals surface area contributed by atoms with E-state index in [4.69, 9.17) is 4.74 Å². The van der Waals surface area contributed by atoms with Crippen molar-refractivity contribution in [3.63, 3.8) is 0 Å². The van der Waals surface area contributed by atoms with Crippen LogP contribution in [0.5, 0.6) is 5.88 Å². The molecule has 18 heavy (non-hydrogen) atoms. The molecule has 7 nitrogen and oxygen atoms in total. The van der Waals surface area contributed by atoms with Gasteiger partial charge in [-0.05, 0) is 6.07 Å². The number of aromatic amines is 1. The third-order valence-corrected chi connectivity index (χ3v) is 2.32. The first-order valence-electron chi connectivity index (χ1n) is 5.42. The maximum atomic E-state index is 11.7. The summed E-state index contributed by atoms with van der Waals surface area (Å²) < 4.78 is 4.92. The second-order valence-corrected chi connectivity index (χ2v) is 3.53. The van der Waals surface area contributed by atoms with E-state index in [2.05, 4.69) is 25.5 Å². The smallest absolute Gasteiger partial charge is 0.252 e. The summed E-state index contributed by atoms with van der Waals surface area (Å²) in [6.45, 7) is 0.486. The van der Waals surface area contributed by atoms with Crippen molar-refractivity contribution in [2.75, 3.05) is 13.7 Å². The molecular formula is C11H13N5O2. The highest BCUT2D eigenvalue weighted by molar-refractivity contribution is 5.93. The SMILES string of the molecule is COc1ccc(C(=O)NCCc2ncn[nH]2)cn1. The van der Waals surface area contributed by atoms with Crippen molar-refractivity contribution in [3.05, 3.63) is 36.0 Å². The molecule has 2 N–H and O–H groups in total. The molecule has 0 spiro atoms. The molecule has 0 radical (unpaired) electrons. The molecule has 7 heteroatoms. The van der Waals surface area contributed by atoms with Crippen LogP contribution in [0.4, 0.5) is 0 Å². The van der Waals surface area contributed by atoms with Gasteiger partial charge in [0, 0.05) is 25.2 Å². The first kappa shape index (κ1) is 12.0. The molecule has 2 aromatic heterocycles. The number of pyridine rings is 1. The predicted molar refractivity (Wildman–Crippen MR) is 63.2 cm³/mol. The summed E-state index contributed by atoms with van der Waals surface area (Å²) in [5, 5.41) is 9.22. The van der Waals surface area contributed by atoms with Crippen molar-refractivity contribution in [1.29, 1.82) is 0 Å². The van der Waals surface area contributed by atoms with Crippen molar-refractivity contribution in [2.24, 2.45) is 0 Å². The van der Waals surface area contributed by atoms with Crippen molar-refractivity contribution >= 4 is 5.91 Å². The van der Waals surface area contributed by atoms with E-state index in [1.165, 1.54) is 19.6 Å². The summed E-state index contributed by atoms with van der Waals surface area (Å²) in [5.74, 6) is 1.04. The Labute approximate surface area is 104 Å². The number of aromatic nitrogens is 4. The number of nitrogens with one attached hydrogen (secondary N) is 2. The lowest BCUT2D eigenvalue weighted by atomic mass is 10.2. The summed E-state index contributed by atoms with van der Waals surface area (Å²) in [4.78, 5) is 19.7. The molecule has 2 aromatic rings. The molecule has 0 aliphatic heterocycles. The third-order valence-electron chi connectivity index (χ3n) is 2.32. The van der Waals surface area contributed by atoms with E-state index in [1.807, 2.05) is 0 Å². The number of nitrogens with zero attached hydrogens (tertiary/aromatic N) is 3. The number of hydrogen-bond acceptors (Lipinski definition) is 5. The van der Waals surface area contributed by atoms with Crippen LogP contribution in [0.15, 0.2) is 24.7 Å². The third kappa shape index (κ3) is 3.03. The lowest BCUT2D eigenvalue weighted by Crippen LogP contribution is -2.26. The number of amides is 1. The zero-order valence-corrected chi connectivity index (χ0v) is 9.88. The lowest BCUT2D eigenvalue weighted by molar-refractivity contribution is 0.0953. The van der Waals surface area contributed by atoms with Gasteiger partial charge in [-0.1, -0.05) is 0 Å². The number of carbonyl (C=O) groups is 1. The number of methoxy groups -OCH3 is 1. The minimum absolute atomic E-state index is 0.176. The first-order chi connectivity index (χ1) is 8.79. The van der Waals surface area contributed by atoms with Crippen LogP contribution in [0.25, 0.3) is 0 Å². The van der Waals surface area contributed by atoms with Crippen molar-refractivity contribution in [1.82, 2.24) is 25.5 Å². The summed E-state index contributed by atoms with van der Waals surface area (Å²) >= 11 is 0. The summed E-state index contributed by atoms with van der Waals surface area (Å²) in [7, 11) is 1.53. The monoisotopic (exact) mass is 247 g/mol. The molecule has 0 bridgehead atoms. The van der Waals surface area contributed by atoms with Gasteiger partial charge in [0.15, 0.2) is 0 Å². The van der Waals surface area contributed by atoms with Crippen LogP contribution >= 0.6 is 0 Å². The van der Waals surface area contributed by atoms with Gasteiger partial charge >= 0.3 is 0 Å². The topological polar surface area (TPSA) is 92.8 Å². The van der Waals surface area contributed by atoms with Gasteiger partial charge in [-0.25, -0.2) is 9.97 Å². The van der Waals surface area contributed by atoms with E-state index in [0.29, 0.717) is 24.4 Å². The minimum Gasteiger partial charge on any atom is -0.481 e. The Bertz CT molecular complexity index is 495. The highest BCUT2D eigenvalue weighted by Crippen LogP contribution is 2.06. The maximum absolute atomic E-state index is 11.7. The van der Waals surface area contributed by atoms with Gasteiger partial charge in [0.2, 0.25) is 5.88 Å². The Morgan fingerprint density at radius 3 is 2.94 bits per heavy atom. The Balaban J connectivity index is 1.83. The fourth-order valence-electron chi connectivity index (χ4n) is 1.38. The Morgan fingerprint density at radius 1 is 1.44 bits per heavy atom. The number of ether oxygens (including phenoxy) is 1. The van der Waals surface area contributed by atoms with E-state index in [1.54, 1.807) is 12.1 Å². The molecule has 94 valence electrons. The Morgan fingerprint density at radius 2 is 2.33 bits per heavy atom. The van der Waals surface area contributed by atoms with Crippen LogP contribution < -0.4 is 10.1 Å².